The molecule has 5 heteroatoms. The van der Waals surface area contributed by atoms with Gasteiger partial charge in [-0.25, -0.2) is 9.78 Å². The number of ether oxygens (including phenoxy) is 1. The maximum atomic E-state index is 11.5. The van der Waals surface area contributed by atoms with Crippen LogP contribution in [0.1, 0.15) is 22.8 Å². The summed E-state index contributed by atoms with van der Waals surface area (Å²) in [6.45, 7) is 2.08. The summed E-state index contributed by atoms with van der Waals surface area (Å²) in [7, 11) is 0. The highest BCUT2D eigenvalue weighted by molar-refractivity contribution is 6.35. The van der Waals surface area contributed by atoms with Crippen LogP contribution in [0.5, 0.6) is 0 Å². The van der Waals surface area contributed by atoms with Crippen LogP contribution < -0.4 is 5.32 Å². The molecule has 4 nitrogen and oxygen atoms in total. The summed E-state index contributed by atoms with van der Waals surface area (Å²) in [6, 6.07) is 0. The molecule has 0 fully saturated rings. The van der Waals surface area contributed by atoms with Gasteiger partial charge in [0.25, 0.3) is 0 Å². The number of carbonyl (C=O) groups excluding carboxylic acids is 1. The molecule has 0 amide bonds. The zero-order valence-electron chi connectivity index (χ0n) is 8.16. The number of quaternary nitrogens is 1. The quantitative estimate of drug-likeness (QED) is 0.767. The van der Waals surface area contributed by atoms with E-state index in [1.54, 1.807) is 6.92 Å². The Labute approximate surface area is 91.9 Å². The van der Waals surface area contributed by atoms with Gasteiger partial charge >= 0.3 is 5.97 Å². The van der Waals surface area contributed by atoms with E-state index in [1.165, 1.54) is 6.20 Å². The van der Waals surface area contributed by atoms with Crippen LogP contribution in [0.2, 0.25) is 5.02 Å². The van der Waals surface area contributed by atoms with Gasteiger partial charge in [0.15, 0.2) is 0 Å². The largest absolute Gasteiger partial charge is 0.462 e. The topological polar surface area (TPSA) is 55.8 Å². The molecule has 78 valence electrons. The van der Waals surface area contributed by atoms with E-state index in [1.807, 2.05) is 17.6 Å². The summed E-state index contributed by atoms with van der Waals surface area (Å²) in [5, 5.41) is 2.25. The molecule has 0 spiro atoms. The first-order valence-corrected chi connectivity index (χ1v) is 4.99. The molecule has 0 aromatic carbocycles. The fraction of sp³-hybridized carbons (Fsp3) is 0.200. The maximum Gasteiger partial charge on any atom is 0.341 e. The molecule has 0 saturated heterocycles. The standard InChI is InChI=1S/C10H9ClN2O2/c1-2-15-10(14)7-5-13-9-6(8(7)11)3-4-12-9/h3-5H,2H2,1H3,(H,12,13)/p+1. The SMILES string of the molecule is CCOC(=O)c1cnc2c(c1Cl)C=C[NH2+]2. The lowest BCUT2D eigenvalue weighted by Gasteiger charge is -2.04. The lowest BCUT2D eigenvalue weighted by atomic mass is 10.2. The Balaban J connectivity index is 2.42. The minimum atomic E-state index is -0.432. The Morgan fingerprint density at radius 2 is 2.47 bits per heavy atom. The van der Waals surface area contributed by atoms with Crippen LogP contribution in [0.3, 0.4) is 0 Å². The summed E-state index contributed by atoms with van der Waals surface area (Å²) >= 11 is 6.07. The molecule has 0 aliphatic carbocycles. The van der Waals surface area contributed by atoms with Crippen molar-refractivity contribution in [2.45, 2.75) is 6.92 Å². The average molecular weight is 226 g/mol. The van der Waals surface area contributed by atoms with Crippen LogP contribution in [0, 0.1) is 0 Å². The molecular weight excluding hydrogens is 216 g/mol. The number of aromatic nitrogens is 1. The van der Waals surface area contributed by atoms with Gasteiger partial charge < -0.3 is 4.74 Å². The Morgan fingerprint density at radius 3 is 3.20 bits per heavy atom. The van der Waals surface area contributed by atoms with E-state index in [2.05, 4.69) is 4.98 Å². The van der Waals surface area contributed by atoms with Gasteiger partial charge in [0, 0.05) is 12.3 Å². The van der Waals surface area contributed by atoms with Crippen molar-refractivity contribution < 1.29 is 14.8 Å². The number of fused-ring (bicyclic) bond motifs is 1. The number of halogens is 1. The third-order valence-corrected chi connectivity index (χ3v) is 2.50. The molecule has 0 atom stereocenters. The van der Waals surface area contributed by atoms with E-state index >= 15 is 0 Å². The van der Waals surface area contributed by atoms with Crippen LogP contribution in [0.25, 0.3) is 6.08 Å². The highest BCUT2D eigenvalue weighted by Gasteiger charge is 2.21. The van der Waals surface area contributed by atoms with Gasteiger partial charge in [-0.2, -0.15) is 0 Å². The molecular formula is C10H10ClN2O2+. The Bertz CT molecular complexity index is 443. The van der Waals surface area contributed by atoms with Crippen LogP contribution in [-0.4, -0.2) is 17.6 Å². The van der Waals surface area contributed by atoms with Crippen molar-refractivity contribution in [3.05, 3.63) is 28.5 Å². The lowest BCUT2D eigenvalue weighted by molar-refractivity contribution is -0.495. The van der Waals surface area contributed by atoms with Gasteiger partial charge in [-0.1, -0.05) is 11.6 Å². The van der Waals surface area contributed by atoms with E-state index in [4.69, 9.17) is 16.3 Å². The summed E-state index contributed by atoms with van der Waals surface area (Å²) in [4.78, 5) is 15.6. The van der Waals surface area contributed by atoms with E-state index in [9.17, 15) is 4.79 Å². The summed E-state index contributed by atoms with van der Waals surface area (Å²) in [6.07, 6.45) is 5.12. The van der Waals surface area contributed by atoms with Gasteiger partial charge in [0.1, 0.15) is 0 Å². The summed E-state index contributed by atoms with van der Waals surface area (Å²) in [5.41, 5.74) is 1.10. The van der Waals surface area contributed by atoms with Crippen LogP contribution >= 0.6 is 11.6 Å². The molecule has 0 saturated carbocycles. The second-order valence-corrected chi connectivity index (χ2v) is 3.41. The molecule has 0 unspecified atom stereocenters. The zero-order valence-corrected chi connectivity index (χ0v) is 8.91. The normalized spacial score (nSPS) is 12.7. The van der Waals surface area contributed by atoms with E-state index in [0.29, 0.717) is 17.2 Å². The molecule has 1 aromatic heterocycles. The summed E-state index contributed by atoms with van der Waals surface area (Å²) in [5.74, 6) is 0.353. The third-order valence-electron chi connectivity index (χ3n) is 2.09. The smallest absolute Gasteiger partial charge is 0.341 e. The van der Waals surface area contributed by atoms with Crippen molar-refractivity contribution in [2.75, 3.05) is 6.61 Å². The highest BCUT2D eigenvalue weighted by atomic mass is 35.5. The number of nitrogens with two attached hydrogens (primary N) is 1. The van der Waals surface area contributed by atoms with Crippen molar-refractivity contribution in [1.82, 2.24) is 4.98 Å². The number of pyridine rings is 1. The van der Waals surface area contributed by atoms with Crippen molar-refractivity contribution in [3.63, 3.8) is 0 Å². The average Bonchev–Trinajstić information content (AvgIpc) is 2.67. The van der Waals surface area contributed by atoms with Crippen molar-refractivity contribution in [1.29, 1.82) is 0 Å². The molecule has 2 heterocycles. The third kappa shape index (κ3) is 1.73. The van der Waals surface area contributed by atoms with Crippen LogP contribution in [0.15, 0.2) is 12.4 Å². The van der Waals surface area contributed by atoms with Crippen molar-refractivity contribution in [2.24, 2.45) is 0 Å². The number of carbonyl (C=O) groups is 1. The Hall–Kier alpha value is -1.39. The molecule has 0 bridgehead atoms. The fourth-order valence-electron chi connectivity index (χ4n) is 1.40. The molecule has 2 N–H and O–H groups in total. The van der Waals surface area contributed by atoms with Gasteiger partial charge in [-0.05, 0) is 6.92 Å². The molecule has 2 rings (SSSR count). The first kappa shape index (κ1) is 10.1. The Morgan fingerprint density at radius 1 is 1.67 bits per heavy atom. The first-order chi connectivity index (χ1) is 7.24. The zero-order chi connectivity index (χ0) is 10.8. The minimum Gasteiger partial charge on any atom is -0.462 e. The minimum absolute atomic E-state index is 0.317. The van der Waals surface area contributed by atoms with Crippen LogP contribution in [0.4, 0.5) is 5.82 Å². The van der Waals surface area contributed by atoms with Gasteiger partial charge in [-0.3, -0.25) is 5.32 Å². The number of esters is 1. The predicted octanol–water partition coefficient (Wildman–Crippen LogP) is 1.09. The van der Waals surface area contributed by atoms with Gasteiger partial charge in [-0.15, -0.1) is 0 Å². The second-order valence-electron chi connectivity index (χ2n) is 3.03. The molecule has 0 radical (unpaired) electrons. The second kappa shape index (κ2) is 4.00. The lowest BCUT2D eigenvalue weighted by Crippen LogP contribution is -2.70. The van der Waals surface area contributed by atoms with E-state index in [0.717, 1.165) is 11.4 Å². The van der Waals surface area contributed by atoms with Gasteiger partial charge in [0.2, 0.25) is 5.82 Å². The monoisotopic (exact) mass is 225 g/mol. The van der Waals surface area contributed by atoms with Crippen molar-refractivity contribution in [3.8, 4) is 0 Å². The number of hydrogen-bond acceptors (Lipinski definition) is 3. The number of rotatable bonds is 2. The highest BCUT2D eigenvalue weighted by Crippen LogP contribution is 2.27. The van der Waals surface area contributed by atoms with Crippen LogP contribution in [-0.2, 0) is 4.74 Å². The number of hydrogen-bond donors (Lipinski definition) is 1. The molecule has 1 aliphatic heterocycles. The van der Waals surface area contributed by atoms with E-state index < -0.39 is 5.97 Å². The predicted molar refractivity (Wildman–Crippen MR) is 55.8 cm³/mol. The van der Waals surface area contributed by atoms with Gasteiger partial charge in [0.05, 0.1) is 29.0 Å². The van der Waals surface area contributed by atoms with E-state index in [-0.39, 0.29) is 0 Å². The molecule has 1 aliphatic rings. The summed E-state index contributed by atoms with van der Waals surface area (Å²) < 4.78 is 4.87. The maximum absolute atomic E-state index is 11.5. The molecule has 15 heavy (non-hydrogen) atoms. The molecule has 1 aromatic rings. The fourth-order valence-corrected chi connectivity index (χ4v) is 1.68. The van der Waals surface area contributed by atoms with Crippen molar-refractivity contribution >= 4 is 29.5 Å². The number of nitrogens with zero attached hydrogens (tertiary/aromatic N) is 1. The first-order valence-electron chi connectivity index (χ1n) is 4.61. The Kier molecular flexibility index (Phi) is 2.70.